The van der Waals surface area contributed by atoms with Crippen LogP contribution in [0.1, 0.15) is 15.9 Å². The number of anilines is 3. The van der Waals surface area contributed by atoms with Crippen LogP contribution in [0.4, 0.5) is 17.1 Å². The van der Waals surface area contributed by atoms with Gasteiger partial charge < -0.3 is 5.32 Å². The molecule has 0 aliphatic heterocycles. The number of aryl methyl sites for hydroxylation is 1. The number of nitrogens with one attached hydrogen (secondary N) is 3. The van der Waals surface area contributed by atoms with Gasteiger partial charge in [0.25, 0.3) is 15.9 Å². The lowest BCUT2D eigenvalue weighted by atomic mass is 10.2. The number of carbonyl (C=O) groups excluding carboxylic acids is 1. The minimum atomic E-state index is -3.80. The van der Waals surface area contributed by atoms with Crippen LogP contribution in [0.25, 0.3) is 0 Å². The zero-order chi connectivity index (χ0) is 23.5. The van der Waals surface area contributed by atoms with Gasteiger partial charge in [-0.25, -0.2) is 16.8 Å². The van der Waals surface area contributed by atoms with Crippen molar-refractivity contribution in [2.24, 2.45) is 0 Å². The van der Waals surface area contributed by atoms with Crippen LogP contribution >= 0.6 is 11.6 Å². The highest BCUT2D eigenvalue weighted by Gasteiger charge is 2.16. The first kappa shape index (κ1) is 23.6. The maximum atomic E-state index is 12.6. The number of rotatable bonds is 7. The van der Waals surface area contributed by atoms with Crippen LogP contribution in [-0.2, 0) is 20.0 Å². The molecule has 0 unspecified atom stereocenters. The Bertz CT molecular complexity index is 1370. The monoisotopic (exact) mass is 493 g/mol. The van der Waals surface area contributed by atoms with Gasteiger partial charge in [-0.05, 0) is 61.0 Å². The SMILES string of the molecule is Cc1ccccc1NS(=O)(=O)c1ccc(NC(=O)c2ccc(NS(C)(=O)=O)cc2Cl)cc1. The van der Waals surface area contributed by atoms with Gasteiger partial charge in [0.05, 0.1) is 27.4 Å². The summed E-state index contributed by atoms with van der Waals surface area (Å²) in [4.78, 5) is 12.6. The van der Waals surface area contributed by atoms with Crippen molar-refractivity contribution in [2.45, 2.75) is 11.8 Å². The van der Waals surface area contributed by atoms with Crippen LogP contribution in [-0.4, -0.2) is 29.0 Å². The molecule has 0 aliphatic carbocycles. The van der Waals surface area contributed by atoms with E-state index in [4.69, 9.17) is 11.6 Å². The van der Waals surface area contributed by atoms with E-state index >= 15 is 0 Å². The molecule has 0 saturated carbocycles. The molecule has 3 N–H and O–H groups in total. The molecule has 0 spiro atoms. The van der Waals surface area contributed by atoms with Crippen LogP contribution in [0.15, 0.2) is 71.6 Å². The summed E-state index contributed by atoms with van der Waals surface area (Å²) in [5.74, 6) is -0.533. The highest BCUT2D eigenvalue weighted by molar-refractivity contribution is 7.92. The van der Waals surface area contributed by atoms with Crippen LogP contribution < -0.4 is 14.8 Å². The highest BCUT2D eigenvalue weighted by Crippen LogP contribution is 2.24. The first-order valence-corrected chi connectivity index (χ1v) is 13.0. The number of halogens is 1. The van der Waals surface area contributed by atoms with Gasteiger partial charge in [-0.3, -0.25) is 14.2 Å². The summed E-state index contributed by atoms with van der Waals surface area (Å²) < 4.78 is 52.7. The Hall–Kier alpha value is -3.08. The van der Waals surface area contributed by atoms with Gasteiger partial charge in [0.2, 0.25) is 10.0 Å². The van der Waals surface area contributed by atoms with Gasteiger partial charge in [-0.15, -0.1) is 0 Å². The third-order valence-corrected chi connectivity index (χ3v) is 6.63. The summed E-state index contributed by atoms with van der Waals surface area (Å²) in [6, 6.07) is 16.8. The van der Waals surface area contributed by atoms with E-state index in [1.165, 1.54) is 42.5 Å². The van der Waals surface area contributed by atoms with Gasteiger partial charge in [-0.2, -0.15) is 0 Å². The van der Waals surface area contributed by atoms with Crippen molar-refractivity contribution in [3.8, 4) is 0 Å². The summed E-state index contributed by atoms with van der Waals surface area (Å²) in [5.41, 5.74) is 1.98. The molecule has 0 aliphatic rings. The lowest BCUT2D eigenvalue weighted by Gasteiger charge is -2.12. The fourth-order valence-electron chi connectivity index (χ4n) is 2.78. The van der Waals surface area contributed by atoms with Gasteiger partial charge >= 0.3 is 0 Å². The van der Waals surface area contributed by atoms with Crippen LogP contribution in [0, 0.1) is 6.92 Å². The molecule has 168 valence electrons. The van der Waals surface area contributed by atoms with Crippen molar-refractivity contribution in [2.75, 3.05) is 21.0 Å². The fourth-order valence-corrected chi connectivity index (χ4v) is 4.74. The van der Waals surface area contributed by atoms with E-state index in [2.05, 4.69) is 14.8 Å². The predicted molar refractivity (Wildman–Crippen MR) is 126 cm³/mol. The number of hydrogen-bond donors (Lipinski definition) is 3. The molecule has 0 atom stereocenters. The molecule has 0 heterocycles. The Balaban J connectivity index is 1.73. The minimum absolute atomic E-state index is 0.0352. The summed E-state index contributed by atoms with van der Waals surface area (Å²) in [7, 11) is -7.28. The number of carbonyl (C=O) groups is 1. The second kappa shape index (κ2) is 9.19. The molecule has 3 rings (SSSR count). The van der Waals surface area contributed by atoms with E-state index in [0.717, 1.165) is 11.8 Å². The molecule has 11 heteroatoms. The van der Waals surface area contributed by atoms with E-state index in [1.807, 2.05) is 6.07 Å². The lowest BCUT2D eigenvalue weighted by molar-refractivity contribution is 0.102. The zero-order valence-electron chi connectivity index (χ0n) is 17.1. The Morgan fingerprint density at radius 2 is 1.47 bits per heavy atom. The van der Waals surface area contributed by atoms with Gasteiger partial charge in [0.15, 0.2) is 0 Å². The summed E-state index contributed by atoms with van der Waals surface area (Å²) >= 11 is 6.11. The van der Waals surface area contributed by atoms with E-state index in [9.17, 15) is 21.6 Å². The smallest absolute Gasteiger partial charge is 0.261 e. The Morgan fingerprint density at radius 3 is 2.06 bits per heavy atom. The first-order chi connectivity index (χ1) is 14.9. The second-order valence-electron chi connectivity index (χ2n) is 6.97. The first-order valence-electron chi connectivity index (χ1n) is 9.22. The van der Waals surface area contributed by atoms with Crippen LogP contribution in [0.2, 0.25) is 5.02 Å². The summed E-state index contributed by atoms with van der Waals surface area (Å²) in [6.07, 6.45) is 1.00. The van der Waals surface area contributed by atoms with Crippen molar-refractivity contribution in [1.29, 1.82) is 0 Å². The normalized spacial score (nSPS) is 11.6. The third-order valence-electron chi connectivity index (χ3n) is 4.33. The standard InChI is InChI=1S/C21H20ClN3O5S2/c1-14-5-3-4-6-20(14)25-32(29,30)17-10-7-15(8-11-17)23-21(26)18-12-9-16(13-19(18)22)24-31(2,27)28/h3-13,24-25H,1-2H3,(H,23,26). The topological polar surface area (TPSA) is 121 Å². The molecule has 3 aromatic rings. The van der Waals surface area contributed by atoms with E-state index in [1.54, 1.807) is 25.1 Å². The second-order valence-corrected chi connectivity index (χ2v) is 10.8. The van der Waals surface area contributed by atoms with Crippen LogP contribution in [0.3, 0.4) is 0 Å². The predicted octanol–water partition coefficient (Wildman–Crippen LogP) is 4.07. The number of sulfonamides is 2. The van der Waals surface area contributed by atoms with E-state index in [-0.39, 0.29) is 21.2 Å². The van der Waals surface area contributed by atoms with E-state index in [0.29, 0.717) is 11.4 Å². The number of para-hydroxylation sites is 1. The molecule has 0 aromatic heterocycles. The fraction of sp³-hybridized carbons (Fsp3) is 0.0952. The highest BCUT2D eigenvalue weighted by atomic mass is 35.5. The molecule has 3 aromatic carbocycles. The van der Waals surface area contributed by atoms with Crippen molar-refractivity contribution >= 4 is 54.6 Å². The maximum absolute atomic E-state index is 12.6. The molecular formula is C21H20ClN3O5S2. The molecule has 0 radical (unpaired) electrons. The van der Waals surface area contributed by atoms with Gasteiger partial charge in [0.1, 0.15) is 0 Å². The summed E-state index contributed by atoms with van der Waals surface area (Å²) in [6.45, 7) is 1.80. The molecule has 0 bridgehead atoms. The Labute approximate surface area is 191 Å². The summed E-state index contributed by atoms with van der Waals surface area (Å²) in [5, 5.41) is 2.68. The molecular weight excluding hydrogens is 474 g/mol. The number of hydrogen-bond acceptors (Lipinski definition) is 5. The molecule has 32 heavy (non-hydrogen) atoms. The van der Waals surface area contributed by atoms with E-state index < -0.39 is 26.0 Å². The number of amides is 1. The Morgan fingerprint density at radius 1 is 0.844 bits per heavy atom. The lowest BCUT2D eigenvalue weighted by Crippen LogP contribution is -2.15. The van der Waals surface area contributed by atoms with Crippen molar-refractivity contribution in [3.05, 3.63) is 82.9 Å². The minimum Gasteiger partial charge on any atom is -0.322 e. The number of benzene rings is 3. The zero-order valence-corrected chi connectivity index (χ0v) is 19.5. The van der Waals surface area contributed by atoms with Crippen LogP contribution in [0.5, 0.6) is 0 Å². The average molecular weight is 494 g/mol. The molecule has 8 nitrogen and oxygen atoms in total. The largest absolute Gasteiger partial charge is 0.322 e. The average Bonchev–Trinajstić information content (AvgIpc) is 2.69. The molecule has 0 saturated heterocycles. The van der Waals surface area contributed by atoms with Crippen molar-refractivity contribution in [1.82, 2.24) is 0 Å². The molecule has 0 fully saturated rings. The Kier molecular flexibility index (Phi) is 6.77. The molecule has 1 amide bonds. The quantitative estimate of drug-likeness (QED) is 0.458. The van der Waals surface area contributed by atoms with Gasteiger partial charge in [-0.1, -0.05) is 29.8 Å². The third kappa shape index (κ3) is 6.00. The van der Waals surface area contributed by atoms with Gasteiger partial charge in [0, 0.05) is 11.4 Å². The van der Waals surface area contributed by atoms with Crippen molar-refractivity contribution in [3.63, 3.8) is 0 Å². The van der Waals surface area contributed by atoms with Crippen molar-refractivity contribution < 1.29 is 21.6 Å². The maximum Gasteiger partial charge on any atom is 0.261 e.